The lowest BCUT2D eigenvalue weighted by atomic mass is 10.1. The molecule has 1 rings (SSSR count). The number of aromatic hydroxyl groups is 1. The summed E-state index contributed by atoms with van der Waals surface area (Å²) in [5, 5.41) is 21.6. The lowest BCUT2D eigenvalue weighted by Crippen LogP contribution is -2.32. The summed E-state index contributed by atoms with van der Waals surface area (Å²) in [6, 6.07) is 4.23. The highest BCUT2D eigenvalue weighted by Gasteiger charge is 2.11. The van der Waals surface area contributed by atoms with Crippen LogP contribution in [0.15, 0.2) is 18.2 Å². The molecule has 1 amide bonds. The Morgan fingerprint density at radius 2 is 2.11 bits per heavy atom. The molecule has 0 heterocycles. The first-order valence-electron chi connectivity index (χ1n) is 5.85. The van der Waals surface area contributed by atoms with Crippen molar-refractivity contribution in [2.75, 3.05) is 6.54 Å². The number of aliphatic hydroxyl groups is 1. The third-order valence-corrected chi connectivity index (χ3v) is 2.75. The van der Waals surface area contributed by atoms with Crippen LogP contribution in [0.25, 0.3) is 0 Å². The van der Waals surface area contributed by atoms with Crippen molar-refractivity contribution in [3.05, 3.63) is 28.8 Å². The predicted octanol–water partition coefficient (Wildman–Crippen LogP) is 2.18. The second kappa shape index (κ2) is 6.61. The van der Waals surface area contributed by atoms with Gasteiger partial charge < -0.3 is 15.5 Å². The number of carbonyl (C=O) groups is 1. The highest BCUT2D eigenvalue weighted by atomic mass is 35.5. The largest absolute Gasteiger partial charge is 0.506 e. The molecule has 0 fully saturated rings. The standard InChI is InChI=1S/C13H18ClNO3/c1-8(2)5-10(16)7-15-13(18)9-3-4-12(17)11(14)6-9/h3-4,6,8,10,16-17H,5,7H2,1-2H3,(H,15,18). The van der Waals surface area contributed by atoms with Gasteiger partial charge in [0.1, 0.15) is 5.75 Å². The summed E-state index contributed by atoms with van der Waals surface area (Å²) in [6.45, 7) is 4.21. The van der Waals surface area contributed by atoms with Gasteiger partial charge in [-0.25, -0.2) is 0 Å². The van der Waals surface area contributed by atoms with Gasteiger partial charge in [-0.2, -0.15) is 0 Å². The third kappa shape index (κ3) is 4.55. The van der Waals surface area contributed by atoms with Crippen LogP contribution in [0, 0.1) is 5.92 Å². The van der Waals surface area contributed by atoms with E-state index in [1.54, 1.807) is 0 Å². The highest BCUT2D eigenvalue weighted by Crippen LogP contribution is 2.23. The molecule has 0 bridgehead atoms. The molecular weight excluding hydrogens is 254 g/mol. The van der Waals surface area contributed by atoms with Crippen LogP contribution >= 0.6 is 11.6 Å². The van der Waals surface area contributed by atoms with Crippen molar-refractivity contribution in [2.45, 2.75) is 26.4 Å². The van der Waals surface area contributed by atoms with Crippen LogP contribution in [0.1, 0.15) is 30.6 Å². The number of phenols is 1. The van der Waals surface area contributed by atoms with Gasteiger partial charge in [-0.3, -0.25) is 4.79 Å². The average Bonchev–Trinajstić information content (AvgIpc) is 2.28. The quantitative estimate of drug-likeness (QED) is 0.769. The number of halogens is 1. The van der Waals surface area contributed by atoms with Gasteiger partial charge in [0.05, 0.1) is 11.1 Å². The van der Waals surface area contributed by atoms with Crippen LogP contribution in [0.2, 0.25) is 5.02 Å². The van der Waals surface area contributed by atoms with E-state index in [4.69, 9.17) is 11.6 Å². The average molecular weight is 272 g/mol. The first-order chi connectivity index (χ1) is 8.40. The van der Waals surface area contributed by atoms with Gasteiger partial charge in [0.25, 0.3) is 5.91 Å². The Balaban J connectivity index is 2.52. The molecule has 1 aromatic carbocycles. The number of rotatable bonds is 5. The molecule has 0 aliphatic carbocycles. The van der Waals surface area contributed by atoms with Crippen molar-refractivity contribution in [1.82, 2.24) is 5.32 Å². The number of hydrogen-bond donors (Lipinski definition) is 3. The molecule has 4 nitrogen and oxygen atoms in total. The summed E-state index contributed by atoms with van der Waals surface area (Å²) in [5.41, 5.74) is 0.356. The van der Waals surface area contributed by atoms with E-state index in [1.165, 1.54) is 18.2 Å². The second-order valence-corrected chi connectivity index (χ2v) is 5.07. The van der Waals surface area contributed by atoms with E-state index in [1.807, 2.05) is 13.8 Å². The van der Waals surface area contributed by atoms with Crippen LogP contribution in [0.5, 0.6) is 5.75 Å². The molecule has 1 aromatic rings. The number of nitrogens with one attached hydrogen (secondary N) is 1. The zero-order chi connectivity index (χ0) is 13.7. The summed E-state index contributed by atoms with van der Waals surface area (Å²) in [6.07, 6.45) is 0.0814. The van der Waals surface area contributed by atoms with Gasteiger partial charge >= 0.3 is 0 Å². The van der Waals surface area contributed by atoms with Gasteiger partial charge in [-0.05, 0) is 30.5 Å². The molecule has 0 aromatic heterocycles. The molecule has 18 heavy (non-hydrogen) atoms. The number of amides is 1. The summed E-state index contributed by atoms with van der Waals surface area (Å²) in [7, 11) is 0. The SMILES string of the molecule is CC(C)CC(O)CNC(=O)c1ccc(O)c(Cl)c1. The number of hydrogen-bond acceptors (Lipinski definition) is 3. The van der Waals surface area contributed by atoms with Crippen LogP contribution in [-0.2, 0) is 0 Å². The lowest BCUT2D eigenvalue weighted by Gasteiger charge is -2.14. The maximum absolute atomic E-state index is 11.7. The van der Waals surface area contributed by atoms with Gasteiger partial charge in [0.2, 0.25) is 0 Å². The molecular formula is C13H18ClNO3. The zero-order valence-electron chi connectivity index (χ0n) is 10.5. The smallest absolute Gasteiger partial charge is 0.251 e. The summed E-state index contributed by atoms with van der Waals surface area (Å²) >= 11 is 5.71. The Bertz CT molecular complexity index is 421. The molecule has 0 spiro atoms. The number of phenolic OH excluding ortho intramolecular Hbond substituents is 1. The minimum atomic E-state index is -0.554. The summed E-state index contributed by atoms with van der Waals surface area (Å²) in [5.74, 6) is -0.00668. The minimum Gasteiger partial charge on any atom is -0.506 e. The maximum atomic E-state index is 11.7. The third-order valence-electron chi connectivity index (χ3n) is 2.45. The lowest BCUT2D eigenvalue weighted by molar-refractivity contribution is 0.0900. The fourth-order valence-corrected chi connectivity index (χ4v) is 1.77. The Kier molecular flexibility index (Phi) is 5.44. The van der Waals surface area contributed by atoms with Crippen LogP contribution < -0.4 is 5.32 Å². The second-order valence-electron chi connectivity index (χ2n) is 4.66. The van der Waals surface area contributed by atoms with Gasteiger partial charge in [0.15, 0.2) is 0 Å². The van der Waals surface area contributed by atoms with E-state index in [-0.39, 0.29) is 23.2 Å². The molecule has 3 N–H and O–H groups in total. The van der Waals surface area contributed by atoms with Crippen LogP contribution in [-0.4, -0.2) is 28.8 Å². The predicted molar refractivity (Wildman–Crippen MR) is 70.9 cm³/mol. The van der Waals surface area contributed by atoms with E-state index in [0.717, 1.165) is 0 Å². The molecule has 0 saturated carbocycles. The molecule has 100 valence electrons. The fraction of sp³-hybridized carbons (Fsp3) is 0.462. The first kappa shape index (κ1) is 14.8. The number of aliphatic hydroxyl groups excluding tert-OH is 1. The Labute approximate surface area is 112 Å². The van der Waals surface area contributed by atoms with Crippen molar-refractivity contribution in [3.8, 4) is 5.75 Å². The van der Waals surface area contributed by atoms with E-state index < -0.39 is 6.10 Å². The molecule has 0 aliphatic rings. The van der Waals surface area contributed by atoms with E-state index in [2.05, 4.69) is 5.32 Å². The Hall–Kier alpha value is -1.26. The van der Waals surface area contributed by atoms with Crippen molar-refractivity contribution >= 4 is 17.5 Å². The molecule has 5 heteroatoms. The molecule has 0 aliphatic heterocycles. The normalized spacial score (nSPS) is 12.5. The monoisotopic (exact) mass is 271 g/mol. The van der Waals surface area contributed by atoms with Gasteiger partial charge in [0, 0.05) is 12.1 Å². The fourth-order valence-electron chi connectivity index (χ4n) is 1.59. The molecule has 0 radical (unpaired) electrons. The van der Waals surface area contributed by atoms with Crippen molar-refractivity contribution in [3.63, 3.8) is 0 Å². The van der Waals surface area contributed by atoms with Crippen molar-refractivity contribution in [2.24, 2.45) is 5.92 Å². The molecule has 1 atom stereocenters. The van der Waals surface area contributed by atoms with Crippen molar-refractivity contribution in [1.29, 1.82) is 0 Å². The van der Waals surface area contributed by atoms with Gasteiger partial charge in [-0.15, -0.1) is 0 Å². The number of benzene rings is 1. The van der Waals surface area contributed by atoms with Crippen LogP contribution in [0.4, 0.5) is 0 Å². The first-order valence-corrected chi connectivity index (χ1v) is 6.22. The molecule has 1 unspecified atom stereocenters. The van der Waals surface area contributed by atoms with Gasteiger partial charge in [-0.1, -0.05) is 25.4 Å². The summed E-state index contributed by atoms with van der Waals surface area (Å²) < 4.78 is 0. The summed E-state index contributed by atoms with van der Waals surface area (Å²) in [4.78, 5) is 11.7. The van der Waals surface area contributed by atoms with E-state index in [0.29, 0.717) is 17.9 Å². The highest BCUT2D eigenvalue weighted by molar-refractivity contribution is 6.32. The van der Waals surface area contributed by atoms with Crippen molar-refractivity contribution < 1.29 is 15.0 Å². The topological polar surface area (TPSA) is 69.6 Å². The zero-order valence-corrected chi connectivity index (χ0v) is 11.2. The maximum Gasteiger partial charge on any atom is 0.251 e. The minimum absolute atomic E-state index is 0.0620. The van der Waals surface area contributed by atoms with E-state index >= 15 is 0 Å². The van der Waals surface area contributed by atoms with E-state index in [9.17, 15) is 15.0 Å². The number of carbonyl (C=O) groups excluding carboxylic acids is 1. The van der Waals surface area contributed by atoms with Crippen LogP contribution in [0.3, 0.4) is 0 Å². The molecule has 0 saturated heterocycles. The Morgan fingerprint density at radius 3 is 2.67 bits per heavy atom. The Morgan fingerprint density at radius 1 is 1.44 bits per heavy atom.